The van der Waals surface area contributed by atoms with Gasteiger partial charge in [0.25, 0.3) is 0 Å². The molecule has 8 heteroatoms. The fourth-order valence-corrected chi connectivity index (χ4v) is 2.82. The molecule has 0 fully saturated rings. The molecule has 0 saturated carbocycles. The zero-order valence-corrected chi connectivity index (χ0v) is 17.7. The third kappa shape index (κ3) is 6.39. The van der Waals surface area contributed by atoms with Crippen LogP contribution < -0.4 is 10.6 Å². The van der Waals surface area contributed by atoms with E-state index in [1.54, 1.807) is 18.4 Å². The predicted molar refractivity (Wildman–Crippen MR) is 110 cm³/mol. The minimum atomic E-state index is 0. The van der Waals surface area contributed by atoms with Crippen molar-refractivity contribution in [2.45, 2.75) is 39.0 Å². The summed E-state index contributed by atoms with van der Waals surface area (Å²) in [6.45, 7) is 7.84. The molecule has 0 radical (unpaired) electrons. The summed E-state index contributed by atoms with van der Waals surface area (Å²) in [6.07, 6.45) is 0.681. The molecule has 2 aromatic heterocycles. The van der Waals surface area contributed by atoms with Crippen LogP contribution in [0.2, 0.25) is 0 Å². The average Bonchev–Trinajstić information content (AvgIpc) is 3.21. The first kappa shape index (κ1) is 20.9. The Hall–Kier alpha value is -1.16. The van der Waals surface area contributed by atoms with Crippen molar-refractivity contribution < 1.29 is 4.52 Å². The Morgan fingerprint density at radius 2 is 2.12 bits per heavy atom. The molecule has 6 nitrogen and oxygen atoms in total. The maximum absolute atomic E-state index is 5.23. The highest BCUT2D eigenvalue weighted by Crippen LogP contribution is 2.16. The van der Waals surface area contributed by atoms with E-state index in [2.05, 4.69) is 49.5 Å². The molecule has 0 bridgehead atoms. The first-order valence-corrected chi connectivity index (χ1v) is 8.83. The van der Waals surface area contributed by atoms with Gasteiger partial charge in [-0.05, 0) is 28.3 Å². The summed E-state index contributed by atoms with van der Waals surface area (Å²) in [6, 6.07) is 2.16. The topological polar surface area (TPSA) is 75.3 Å². The summed E-state index contributed by atoms with van der Waals surface area (Å²) in [7, 11) is 1.77. The van der Waals surface area contributed by atoms with E-state index in [-0.39, 0.29) is 29.9 Å². The third-order valence-electron chi connectivity index (χ3n) is 3.54. The molecule has 2 aromatic rings. The number of aliphatic imine (C=N–C) groups is 1. The van der Waals surface area contributed by atoms with Gasteiger partial charge in [-0.3, -0.25) is 4.99 Å². The minimum Gasteiger partial charge on any atom is -0.356 e. The third-order valence-corrected chi connectivity index (χ3v) is 4.24. The van der Waals surface area contributed by atoms with Crippen LogP contribution in [0.5, 0.6) is 0 Å². The summed E-state index contributed by atoms with van der Waals surface area (Å²) in [5.41, 5.74) is 1.35. The Kier molecular flexibility index (Phi) is 9.27. The Balaban J connectivity index is 0.00000288. The quantitative estimate of drug-likeness (QED) is 0.374. The van der Waals surface area contributed by atoms with Crippen molar-refractivity contribution in [2.75, 3.05) is 20.1 Å². The standard InChI is InChI=1S/C16H25N5OS.HI/c1-11(2)15-20-14(22-21-15)5-7-18-16(17-4)19-9-12(3)13-6-8-23-10-13;/h6,8,10-12H,5,7,9H2,1-4H3,(H2,17,18,19);1H. The van der Waals surface area contributed by atoms with Crippen LogP contribution in [0.15, 0.2) is 26.3 Å². The zero-order chi connectivity index (χ0) is 16.7. The predicted octanol–water partition coefficient (Wildman–Crippen LogP) is 3.38. The Labute approximate surface area is 164 Å². The van der Waals surface area contributed by atoms with Crippen molar-refractivity contribution in [3.05, 3.63) is 34.1 Å². The van der Waals surface area contributed by atoms with Crippen molar-refractivity contribution in [3.63, 3.8) is 0 Å². The Bertz CT molecular complexity index is 612. The Morgan fingerprint density at radius 3 is 2.71 bits per heavy atom. The molecule has 24 heavy (non-hydrogen) atoms. The summed E-state index contributed by atoms with van der Waals surface area (Å²) >= 11 is 1.73. The maximum atomic E-state index is 5.23. The lowest BCUT2D eigenvalue weighted by atomic mass is 10.1. The molecule has 0 aliphatic carbocycles. The molecule has 2 rings (SSSR count). The van der Waals surface area contributed by atoms with Gasteiger partial charge in [-0.2, -0.15) is 16.3 Å². The molecule has 2 heterocycles. The largest absolute Gasteiger partial charge is 0.356 e. The van der Waals surface area contributed by atoms with Crippen LogP contribution >= 0.6 is 35.3 Å². The minimum absolute atomic E-state index is 0. The lowest BCUT2D eigenvalue weighted by Crippen LogP contribution is -2.39. The second kappa shape index (κ2) is 10.7. The number of rotatable bonds is 7. The van der Waals surface area contributed by atoms with Crippen molar-refractivity contribution in [3.8, 4) is 0 Å². The highest BCUT2D eigenvalue weighted by atomic mass is 127. The first-order valence-electron chi connectivity index (χ1n) is 7.89. The zero-order valence-electron chi connectivity index (χ0n) is 14.6. The van der Waals surface area contributed by atoms with Gasteiger partial charge in [0.15, 0.2) is 11.8 Å². The van der Waals surface area contributed by atoms with Crippen molar-refractivity contribution in [1.82, 2.24) is 20.8 Å². The summed E-state index contributed by atoms with van der Waals surface area (Å²) in [5, 5.41) is 14.9. The maximum Gasteiger partial charge on any atom is 0.228 e. The van der Waals surface area contributed by atoms with Crippen LogP contribution in [0.3, 0.4) is 0 Å². The van der Waals surface area contributed by atoms with Crippen LogP contribution in [0.25, 0.3) is 0 Å². The van der Waals surface area contributed by atoms with Gasteiger partial charge in [-0.15, -0.1) is 24.0 Å². The van der Waals surface area contributed by atoms with E-state index in [0.29, 0.717) is 24.8 Å². The number of thiophene rings is 1. The number of hydrogen-bond acceptors (Lipinski definition) is 5. The van der Waals surface area contributed by atoms with Crippen molar-refractivity contribution in [1.29, 1.82) is 0 Å². The second-order valence-electron chi connectivity index (χ2n) is 5.79. The van der Waals surface area contributed by atoms with Gasteiger partial charge in [0.1, 0.15) is 0 Å². The molecule has 0 saturated heterocycles. The summed E-state index contributed by atoms with van der Waals surface area (Å²) < 4.78 is 5.23. The van der Waals surface area contributed by atoms with E-state index in [1.807, 2.05) is 13.8 Å². The molecule has 0 aromatic carbocycles. The van der Waals surface area contributed by atoms with Crippen LogP contribution in [-0.4, -0.2) is 36.2 Å². The fraction of sp³-hybridized carbons (Fsp3) is 0.562. The van der Waals surface area contributed by atoms with E-state index in [1.165, 1.54) is 5.56 Å². The lowest BCUT2D eigenvalue weighted by Gasteiger charge is -2.15. The summed E-state index contributed by atoms with van der Waals surface area (Å²) in [5.74, 6) is 2.93. The molecule has 2 N–H and O–H groups in total. The van der Waals surface area contributed by atoms with Crippen molar-refractivity contribution in [2.24, 2.45) is 4.99 Å². The lowest BCUT2D eigenvalue weighted by molar-refractivity contribution is 0.371. The van der Waals surface area contributed by atoms with E-state index in [4.69, 9.17) is 4.52 Å². The molecule has 0 aliphatic heterocycles. The van der Waals surface area contributed by atoms with Gasteiger partial charge in [-0.25, -0.2) is 0 Å². The van der Waals surface area contributed by atoms with Crippen LogP contribution in [0, 0.1) is 0 Å². The smallest absolute Gasteiger partial charge is 0.228 e. The molecule has 0 aliphatic rings. The summed E-state index contributed by atoms with van der Waals surface area (Å²) in [4.78, 5) is 8.60. The number of nitrogens with zero attached hydrogens (tertiary/aromatic N) is 3. The Morgan fingerprint density at radius 1 is 1.33 bits per heavy atom. The molecular weight excluding hydrogens is 437 g/mol. The number of nitrogens with one attached hydrogen (secondary N) is 2. The molecule has 1 atom stereocenters. The van der Waals surface area contributed by atoms with E-state index in [0.717, 1.165) is 18.3 Å². The number of guanidine groups is 1. The van der Waals surface area contributed by atoms with E-state index < -0.39 is 0 Å². The second-order valence-corrected chi connectivity index (χ2v) is 6.57. The molecule has 0 amide bonds. The highest BCUT2D eigenvalue weighted by molar-refractivity contribution is 14.0. The molecule has 0 spiro atoms. The molecule has 134 valence electrons. The van der Waals surface area contributed by atoms with Gasteiger partial charge >= 0.3 is 0 Å². The van der Waals surface area contributed by atoms with E-state index >= 15 is 0 Å². The fourth-order valence-electron chi connectivity index (χ4n) is 2.04. The van der Waals surface area contributed by atoms with Crippen LogP contribution in [-0.2, 0) is 6.42 Å². The van der Waals surface area contributed by atoms with Gasteiger partial charge in [0.05, 0.1) is 0 Å². The molecule has 1 unspecified atom stereocenters. The van der Waals surface area contributed by atoms with E-state index in [9.17, 15) is 0 Å². The van der Waals surface area contributed by atoms with Gasteiger partial charge in [0.2, 0.25) is 5.89 Å². The van der Waals surface area contributed by atoms with Gasteiger partial charge < -0.3 is 15.2 Å². The normalized spacial score (nSPS) is 12.8. The van der Waals surface area contributed by atoms with Gasteiger partial charge in [0, 0.05) is 32.5 Å². The van der Waals surface area contributed by atoms with Gasteiger partial charge in [-0.1, -0.05) is 25.9 Å². The number of hydrogen-bond donors (Lipinski definition) is 2. The number of aromatic nitrogens is 2. The average molecular weight is 463 g/mol. The SMILES string of the molecule is CN=C(NCCc1nc(C(C)C)no1)NCC(C)c1ccsc1.I. The number of halogens is 1. The van der Waals surface area contributed by atoms with Crippen LogP contribution in [0.1, 0.15) is 49.9 Å². The monoisotopic (exact) mass is 463 g/mol. The first-order chi connectivity index (χ1) is 11.1. The van der Waals surface area contributed by atoms with Crippen LogP contribution in [0.4, 0.5) is 0 Å². The highest BCUT2D eigenvalue weighted by Gasteiger charge is 2.10. The van der Waals surface area contributed by atoms with Crippen molar-refractivity contribution >= 4 is 41.3 Å². The molecular formula is C16H26IN5OS.